The van der Waals surface area contributed by atoms with Crippen molar-refractivity contribution < 1.29 is 9.53 Å². The molecule has 0 amide bonds. The molecule has 0 aromatic heterocycles. The van der Waals surface area contributed by atoms with E-state index in [-0.39, 0.29) is 23.4 Å². The molecule has 0 bridgehead atoms. The highest BCUT2D eigenvalue weighted by molar-refractivity contribution is 5.72. The molecule has 2 aliphatic carbocycles. The van der Waals surface area contributed by atoms with Gasteiger partial charge in [-0.05, 0) is 63.7 Å². The van der Waals surface area contributed by atoms with Crippen molar-refractivity contribution in [3.8, 4) is 6.07 Å². The summed E-state index contributed by atoms with van der Waals surface area (Å²) in [6, 6.07) is 2.59. The second-order valence-corrected chi connectivity index (χ2v) is 8.85. The van der Waals surface area contributed by atoms with Gasteiger partial charge < -0.3 is 4.74 Å². The number of hydrogen-bond donors (Lipinski definition) is 0. The Morgan fingerprint density at radius 2 is 1.65 bits per heavy atom. The lowest BCUT2D eigenvalue weighted by molar-refractivity contribution is -0.157. The number of unbranched alkanes of at least 4 members (excludes halogenated alkanes) is 3. The molecular weight excluding hydrogens is 322 g/mol. The molecule has 0 atom stereocenters. The number of nitrogens with zero attached hydrogens (tertiary/aromatic N) is 1. The summed E-state index contributed by atoms with van der Waals surface area (Å²) >= 11 is 0. The van der Waals surface area contributed by atoms with Gasteiger partial charge in [0.25, 0.3) is 0 Å². The van der Waals surface area contributed by atoms with Crippen LogP contribution in [0.15, 0.2) is 0 Å². The van der Waals surface area contributed by atoms with Crippen LogP contribution in [0.3, 0.4) is 0 Å². The second kappa shape index (κ2) is 11.0. The first-order valence-electron chi connectivity index (χ1n) is 11.2. The number of rotatable bonds is 9. The van der Waals surface area contributed by atoms with Gasteiger partial charge in [0.15, 0.2) is 0 Å². The molecular formula is C23H39NO2. The third-order valence-corrected chi connectivity index (χ3v) is 6.81. The lowest BCUT2D eigenvalue weighted by Crippen LogP contribution is -2.33. The fourth-order valence-electron chi connectivity index (χ4n) is 4.83. The van der Waals surface area contributed by atoms with Crippen molar-refractivity contribution in [2.45, 2.75) is 116 Å². The maximum Gasteiger partial charge on any atom is 0.309 e. The summed E-state index contributed by atoms with van der Waals surface area (Å²) in [5.41, 5.74) is -0.177. The Morgan fingerprint density at radius 3 is 2.23 bits per heavy atom. The maximum atomic E-state index is 12.6. The molecule has 26 heavy (non-hydrogen) atoms. The Bertz CT molecular complexity index is 451. The summed E-state index contributed by atoms with van der Waals surface area (Å²) < 4.78 is 5.86. The minimum Gasteiger partial charge on any atom is -0.462 e. The Hall–Kier alpha value is -1.04. The highest BCUT2D eigenvalue weighted by atomic mass is 16.5. The van der Waals surface area contributed by atoms with Crippen LogP contribution in [0.4, 0.5) is 0 Å². The summed E-state index contributed by atoms with van der Waals surface area (Å²) in [5.74, 6) is 0.890. The molecule has 0 radical (unpaired) electrons. The minimum absolute atomic E-state index is 0.0158. The van der Waals surface area contributed by atoms with Gasteiger partial charge in [0.2, 0.25) is 0 Å². The molecule has 0 aromatic rings. The Morgan fingerprint density at radius 1 is 1.00 bits per heavy atom. The first-order chi connectivity index (χ1) is 12.6. The first kappa shape index (κ1) is 21.3. The zero-order valence-electron chi connectivity index (χ0n) is 17.1. The molecule has 2 rings (SSSR count). The van der Waals surface area contributed by atoms with Gasteiger partial charge in [0.1, 0.15) is 6.10 Å². The van der Waals surface area contributed by atoms with Crippen molar-refractivity contribution in [3.05, 3.63) is 0 Å². The van der Waals surface area contributed by atoms with Crippen molar-refractivity contribution in [2.75, 3.05) is 0 Å². The van der Waals surface area contributed by atoms with Gasteiger partial charge in [-0.15, -0.1) is 0 Å². The number of hydrogen-bond acceptors (Lipinski definition) is 3. The number of nitriles is 1. The van der Waals surface area contributed by atoms with Gasteiger partial charge in [0, 0.05) is 0 Å². The van der Waals surface area contributed by atoms with Gasteiger partial charge in [-0.25, -0.2) is 0 Å². The number of esters is 1. The Kier molecular flexibility index (Phi) is 8.96. The predicted octanol–water partition coefficient (Wildman–Crippen LogP) is 6.56. The van der Waals surface area contributed by atoms with Crippen LogP contribution in [0.2, 0.25) is 0 Å². The van der Waals surface area contributed by atoms with Crippen molar-refractivity contribution in [1.29, 1.82) is 5.26 Å². The molecule has 0 N–H and O–H groups in total. The summed E-state index contributed by atoms with van der Waals surface area (Å²) in [5, 5.41) is 9.65. The van der Waals surface area contributed by atoms with E-state index in [0.717, 1.165) is 57.3 Å². The lowest BCUT2D eigenvalue weighted by Gasteiger charge is -2.35. The first-order valence-corrected chi connectivity index (χ1v) is 11.2. The van der Waals surface area contributed by atoms with E-state index in [0.29, 0.717) is 0 Å². The molecule has 0 spiro atoms. The highest BCUT2D eigenvalue weighted by Gasteiger charge is 2.38. The smallest absolute Gasteiger partial charge is 0.309 e. The van der Waals surface area contributed by atoms with Crippen molar-refractivity contribution in [3.63, 3.8) is 0 Å². The largest absolute Gasteiger partial charge is 0.462 e. The lowest BCUT2D eigenvalue weighted by atomic mass is 9.69. The Labute approximate surface area is 160 Å². The molecule has 3 heteroatoms. The van der Waals surface area contributed by atoms with Crippen molar-refractivity contribution >= 4 is 5.97 Å². The van der Waals surface area contributed by atoms with Gasteiger partial charge in [-0.2, -0.15) is 5.26 Å². The van der Waals surface area contributed by atoms with Crippen LogP contribution in [0.5, 0.6) is 0 Å². The molecule has 0 unspecified atom stereocenters. The summed E-state index contributed by atoms with van der Waals surface area (Å²) in [7, 11) is 0. The fraction of sp³-hybridized carbons (Fsp3) is 0.913. The van der Waals surface area contributed by atoms with E-state index in [1.165, 1.54) is 44.9 Å². The molecule has 0 heterocycles. The average Bonchev–Trinajstić information content (AvgIpc) is 2.68. The van der Waals surface area contributed by atoms with Crippen LogP contribution in [-0.4, -0.2) is 12.1 Å². The maximum absolute atomic E-state index is 12.6. The quantitative estimate of drug-likeness (QED) is 0.345. The Balaban J connectivity index is 1.71. The van der Waals surface area contributed by atoms with Crippen LogP contribution >= 0.6 is 0 Å². The van der Waals surface area contributed by atoms with Crippen LogP contribution in [-0.2, 0) is 9.53 Å². The van der Waals surface area contributed by atoms with Gasteiger partial charge >= 0.3 is 5.97 Å². The van der Waals surface area contributed by atoms with Gasteiger partial charge in [-0.1, -0.05) is 52.4 Å². The SMILES string of the molecule is CCCCC[C@]1(C#N)CC[C@H](C(=O)OC2CCC(CCCC)CC2)CC1. The van der Waals surface area contributed by atoms with E-state index < -0.39 is 0 Å². The number of carbonyl (C=O) groups is 1. The molecule has 148 valence electrons. The van der Waals surface area contributed by atoms with Crippen LogP contribution in [0, 0.1) is 28.6 Å². The molecule has 0 aromatic carbocycles. The highest BCUT2D eigenvalue weighted by Crippen LogP contribution is 2.43. The van der Waals surface area contributed by atoms with Gasteiger partial charge in [-0.3, -0.25) is 4.79 Å². The molecule has 3 nitrogen and oxygen atoms in total. The van der Waals surface area contributed by atoms with E-state index >= 15 is 0 Å². The van der Waals surface area contributed by atoms with Crippen LogP contribution in [0.1, 0.15) is 110 Å². The number of carbonyl (C=O) groups excluding carboxylic acids is 1. The fourth-order valence-corrected chi connectivity index (χ4v) is 4.83. The normalized spacial score (nSPS) is 32.0. The second-order valence-electron chi connectivity index (χ2n) is 8.85. The monoisotopic (exact) mass is 361 g/mol. The molecule has 2 aliphatic rings. The summed E-state index contributed by atoms with van der Waals surface area (Å²) in [4.78, 5) is 12.6. The minimum atomic E-state index is -0.177. The summed E-state index contributed by atoms with van der Waals surface area (Å²) in [6.07, 6.45) is 16.6. The zero-order chi connectivity index (χ0) is 18.8. The predicted molar refractivity (Wildman–Crippen MR) is 106 cm³/mol. The molecule has 0 aliphatic heterocycles. The topological polar surface area (TPSA) is 50.1 Å². The average molecular weight is 362 g/mol. The molecule has 0 saturated heterocycles. The van der Waals surface area contributed by atoms with Crippen LogP contribution in [0.25, 0.3) is 0 Å². The van der Waals surface area contributed by atoms with E-state index in [2.05, 4.69) is 19.9 Å². The third-order valence-electron chi connectivity index (χ3n) is 6.81. The van der Waals surface area contributed by atoms with Crippen molar-refractivity contribution in [1.82, 2.24) is 0 Å². The van der Waals surface area contributed by atoms with E-state index in [1.54, 1.807) is 0 Å². The molecule has 2 saturated carbocycles. The van der Waals surface area contributed by atoms with Crippen molar-refractivity contribution in [2.24, 2.45) is 17.3 Å². The summed E-state index contributed by atoms with van der Waals surface area (Å²) in [6.45, 7) is 4.45. The standard InChI is InChI=1S/C23H39NO2/c1-3-5-7-15-23(18-24)16-13-20(14-17-23)22(25)26-21-11-9-19(10-12-21)8-6-4-2/h19-21H,3-17H2,1-2H3/t19?,20-,21?,23-. The van der Waals surface area contributed by atoms with Crippen LogP contribution < -0.4 is 0 Å². The van der Waals surface area contributed by atoms with E-state index in [4.69, 9.17) is 4.74 Å². The molecule has 2 fully saturated rings. The van der Waals surface area contributed by atoms with Gasteiger partial charge in [0.05, 0.1) is 17.4 Å². The van der Waals surface area contributed by atoms with E-state index in [1.807, 2.05) is 0 Å². The third kappa shape index (κ3) is 6.29. The number of ether oxygens (including phenoxy) is 1. The zero-order valence-corrected chi connectivity index (χ0v) is 17.1. The van der Waals surface area contributed by atoms with E-state index in [9.17, 15) is 10.1 Å².